The lowest BCUT2D eigenvalue weighted by Gasteiger charge is -2.36. The maximum absolute atomic E-state index is 13.9. The number of carbonyl (C=O) groups excluding carboxylic acids is 2. The van der Waals surface area contributed by atoms with Crippen molar-refractivity contribution in [3.8, 4) is 0 Å². The Morgan fingerprint density at radius 1 is 1.12 bits per heavy atom. The minimum atomic E-state index is -0.617. The van der Waals surface area contributed by atoms with Gasteiger partial charge in [0.15, 0.2) is 0 Å². The quantitative estimate of drug-likeness (QED) is 0.615. The maximum atomic E-state index is 13.9. The SMILES string of the molecule is COC(=O)NC(C(=O)N1[C@H](c2nc3ccc(C4CCCC4)cc3[nH]2)C[C@@H]2CCCC[C@@H]21)C(C)C. The van der Waals surface area contributed by atoms with Gasteiger partial charge in [-0.25, -0.2) is 9.78 Å². The Morgan fingerprint density at radius 3 is 2.59 bits per heavy atom. The number of H-pyrrole nitrogens is 1. The Kier molecular flexibility index (Phi) is 6.54. The lowest BCUT2D eigenvalue weighted by Crippen LogP contribution is -2.53. The van der Waals surface area contributed by atoms with Crippen molar-refractivity contribution in [2.24, 2.45) is 11.8 Å². The smallest absolute Gasteiger partial charge is 0.407 e. The molecule has 3 fully saturated rings. The normalized spacial score (nSPS) is 26.1. The molecule has 7 heteroatoms. The number of amides is 2. The van der Waals surface area contributed by atoms with Crippen molar-refractivity contribution < 1.29 is 14.3 Å². The molecule has 1 saturated heterocycles. The van der Waals surface area contributed by atoms with Crippen LogP contribution in [0, 0.1) is 11.8 Å². The molecule has 1 aromatic carbocycles. The summed E-state index contributed by atoms with van der Waals surface area (Å²) < 4.78 is 4.82. The second-order valence-electron chi connectivity index (χ2n) is 10.8. The zero-order valence-electron chi connectivity index (χ0n) is 20.7. The summed E-state index contributed by atoms with van der Waals surface area (Å²) in [5.41, 5.74) is 3.43. The van der Waals surface area contributed by atoms with Gasteiger partial charge in [-0.2, -0.15) is 0 Å². The van der Waals surface area contributed by atoms with E-state index in [2.05, 4.69) is 33.4 Å². The molecule has 184 valence electrons. The highest BCUT2D eigenvalue weighted by Gasteiger charge is 2.48. The second-order valence-corrected chi connectivity index (χ2v) is 10.8. The van der Waals surface area contributed by atoms with Gasteiger partial charge in [-0.15, -0.1) is 0 Å². The van der Waals surface area contributed by atoms with Crippen LogP contribution in [0.4, 0.5) is 4.79 Å². The number of rotatable bonds is 5. The van der Waals surface area contributed by atoms with Gasteiger partial charge in [0.2, 0.25) is 5.91 Å². The van der Waals surface area contributed by atoms with E-state index < -0.39 is 12.1 Å². The van der Waals surface area contributed by atoms with Crippen LogP contribution in [0.15, 0.2) is 18.2 Å². The summed E-state index contributed by atoms with van der Waals surface area (Å²) in [6.07, 6.45) is 10.0. The van der Waals surface area contributed by atoms with Crippen molar-refractivity contribution in [3.05, 3.63) is 29.6 Å². The van der Waals surface area contributed by atoms with Gasteiger partial charge in [0, 0.05) is 6.04 Å². The van der Waals surface area contributed by atoms with Crippen molar-refractivity contribution in [1.29, 1.82) is 0 Å². The fourth-order valence-corrected chi connectivity index (χ4v) is 6.60. The van der Waals surface area contributed by atoms with Crippen LogP contribution in [0.1, 0.15) is 95.0 Å². The van der Waals surface area contributed by atoms with E-state index in [1.54, 1.807) is 0 Å². The first-order valence-corrected chi connectivity index (χ1v) is 13.1. The number of aromatic amines is 1. The number of methoxy groups -OCH3 is 1. The van der Waals surface area contributed by atoms with Crippen LogP contribution in [-0.4, -0.2) is 46.1 Å². The van der Waals surface area contributed by atoms with Gasteiger partial charge < -0.3 is 19.9 Å². The number of benzene rings is 1. The van der Waals surface area contributed by atoms with Crippen molar-refractivity contribution in [3.63, 3.8) is 0 Å². The molecule has 7 nitrogen and oxygen atoms in total. The average molecular weight is 467 g/mol. The summed E-state index contributed by atoms with van der Waals surface area (Å²) in [5, 5.41) is 2.79. The number of imidazole rings is 1. The fourth-order valence-electron chi connectivity index (χ4n) is 6.60. The third-order valence-corrected chi connectivity index (χ3v) is 8.40. The Morgan fingerprint density at radius 2 is 1.85 bits per heavy atom. The largest absolute Gasteiger partial charge is 0.453 e. The Labute approximate surface area is 202 Å². The number of hydrogen-bond acceptors (Lipinski definition) is 4. The van der Waals surface area contributed by atoms with Crippen LogP contribution in [0.25, 0.3) is 11.0 Å². The van der Waals surface area contributed by atoms with Gasteiger partial charge >= 0.3 is 6.09 Å². The van der Waals surface area contributed by atoms with Crippen molar-refractivity contribution in [2.45, 2.75) is 95.7 Å². The van der Waals surface area contributed by atoms with Crippen molar-refractivity contribution in [1.82, 2.24) is 20.2 Å². The van der Waals surface area contributed by atoms with Gasteiger partial charge in [0.1, 0.15) is 11.9 Å². The van der Waals surface area contributed by atoms with Gasteiger partial charge in [-0.3, -0.25) is 4.79 Å². The highest BCUT2D eigenvalue weighted by atomic mass is 16.5. The van der Waals surface area contributed by atoms with Crippen LogP contribution in [0.2, 0.25) is 0 Å². The number of hydrogen-bond donors (Lipinski definition) is 2. The molecular weight excluding hydrogens is 428 g/mol. The molecule has 2 aliphatic carbocycles. The molecule has 4 atom stereocenters. The summed E-state index contributed by atoms with van der Waals surface area (Å²) in [4.78, 5) is 36.6. The zero-order valence-corrected chi connectivity index (χ0v) is 20.7. The van der Waals surface area contributed by atoms with Gasteiger partial charge in [0.05, 0.1) is 24.2 Å². The van der Waals surface area contributed by atoms with E-state index in [4.69, 9.17) is 9.72 Å². The molecule has 2 saturated carbocycles. The van der Waals surface area contributed by atoms with E-state index in [0.717, 1.165) is 42.5 Å². The van der Waals surface area contributed by atoms with Crippen molar-refractivity contribution in [2.75, 3.05) is 7.11 Å². The van der Waals surface area contributed by atoms with Crippen molar-refractivity contribution >= 4 is 23.0 Å². The average Bonchev–Trinajstić information content (AvgIpc) is 3.58. The van der Waals surface area contributed by atoms with Gasteiger partial charge in [-0.05, 0) is 67.6 Å². The first kappa shape index (κ1) is 23.2. The number of nitrogens with zero attached hydrogens (tertiary/aromatic N) is 2. The predicted molar refractivity (Wildman–Crippen MR) is 131 cm³/mol. The molecule has 0 spiro atoms. The summed E-state index contributed by atoms with van der Waals surface area (Å²) in [7, 11) is 1.33. The zero-order chi connectivity index (χ0) is 23.8. The molecule has 1 aromatic heterocycles. The van der Waals surface area contributed by atoms with Crippen LogP contribution in [0.3, 0.4) is 0 Å². The molecule has 0 bridgehead atoms. The number of aromatic nitrogens is 2. The van der Waals surface area contributed by atoms with E-state index in [-0.39, 0.29) is 23.9 Å². The molecule has 3 aliphatic rings. The third kappa shape index (κ3) is 4.29. The molecule has 0 radical (unpaired) electrons. The molecule has 2 aromatic rings. The van der Waals surface area contributed by atoms with E-state index in [1.165, 1.54) is 44.8 Å². The summed E-state index contributed by atoms with van der Waals surface area (Å²) in [5.74, 6) is 1.95. The summed E-state index contributed by atoms with van der Waals surface area (Å²) in [6, 6.07) is 6.13. The Bertz CT molecular complexity index is 1040. The van der Waals surface area contributed by atoms with Crippen LogP contribution < -0.4 is 5.32 Å². The maximum Gasteiger partial charge on any atom is 0.407 e. The van der Waals surface area contributed by atoms with E-state index in [9.17, 15) is 9.59 Å². The van der Waals surface area contributed by atoms with E-state index in [0.29, 0.717) is 11.8 Å². The second kappa shape index (κ2) is 9.59. The Hall–Kier alpha value is -2.57. The highest BCUT2D eigenvalue weighted by Crippen LogP contribution is 2.46. The van der Waals surface area contributed by atoms with Crippen LogP contribution >= 0.6 is 0 Å². The molecular formula is C27H38N4O3. The number of nitrogens with one attached hydrogen (secondary N) is 2. The third-order valence-electron chi connectivity index (χ3n) is 8.40. The number of likely N-dealkylation sites (tertiary alicyclic amines) is 1. The molecule has 2 amide bonds. The number of fused-ring (bicyclic) bond motifs is 2. The monoisotopic (exact) mass is 466 g/mol. The van der Waals surface area contributed by atoms with Crippen LogP contribution in [0.5, 0.6) is 0 Å². The molecule has 2 heterocycles. The molecule has 34 heavy (non-hydrogen) atoms. The summed E-state index contributed by atoms with van der Waals surface area (Å²) >= 11 is 0. The molecule has 1 unspecified atom stereocenters. The number of alkyl carbamates (subject to hydrolysis) is 1. The standard InChI is InChI=1S/C27H38N4O3/c1-16(2)24(30-27(33)34-3)26(32)31-22-11-7-6-10-19(22)15-23(31)25-28-20-13-12-18(14-21(20)29-25)17-8-4-5-9-17/h12-14,16-17,19,22-24H,4-11,15H2,1-3H3,(H,28,29)(H,30,33)/t19-,22-,23-,24?/m0/s1. The van der Waals surface area contributed by atoms with E-state index >= 15 is 0 Å². The highest BCUT2D eigenvalue weighted by molar-refractivity contribution is 5.87. The number of ether oxygens (including phenoxy) is 1. The Balaban J connectivity index is 1.47. The summed E-state index contributed by atoms with van der Waals surface area (Å²) in [6.45, 7) is 3.93. The first-order valence-electron chi connectivity index (χ1n) is 13.1. The van der Waals surface area contributed by atoms with Crippen LogP contribution in [-0.2, 0) is 9.53 Å². The van der Waals surface area contributed by atoms with Gasteiger partial charge in [-0.1, -0.05) is 45.6 Å². The number of carbonyl (C=O) groups is 2. The first-order chi connectivity index (χ1) is 16.5. The molecule has 5 rings (SSSR count). The van der Waals surface area contributed by atoms with Gasteiger partial charge in [0.25, 0.3) is 0 Å². The predicted octanol–water partition coefficient (Wildman–Crippen LogP) is 5.43. The minimum Gasteiger partial charge on any atom is -0.453 e. The lowest BCUT2D eigenvalue weighted by atomic mass is 9.84. The molecule has 1 aliphatic heterocycles. The molecule has 2 N–H and O–H groups in total. The van der Waals surface area contributed by atoms with E-state index in [1.807, 2.05) is 13.8 Å². The fraction of sp³-hybridized carbons (Fsp3) is 0.667. The minimum absolute atomic E-state index is 0.0214. The lowest BCUT2D eigenvalue weighted by molar-refractivity contribution is -0.138. The topological polar surface area (TPSA) is 87.3 Å².